The summed E-state index contributed by atoms with van der Waals surface area (Å²) in [5.41, 5.74) is 0.776. The van der Waals surface area contributed by atoms with Gasteiger partial charge in [-0.1, -0.05) is 33.8 Å². The molecule has 1 aromatic rings. The Kier molecular flexibility index (Phi) is 6.59. The van der Waals surface area contributed by atoms with E-state index in [1.807, 2.05) is 26.8 Å². The number of likely N-dealkylation sites (tertiary alicyclic amines) is 1. The molecular formula is C20H31N3O2. The Morgan fingerprint density at radius 2 is 1.88 bits per heavy atom. The monoisotopic (exact) mass is 345 g/mol. The highest BCUT2D eigenvalue weighted by Gasteiger charge is 2.22. The number of piperidine rings is 1. The minimum Gasteiger partial charge on any atom is -0.349 e. The molecule has 1 aromatic carbocycles. The van der Waals surface area contributed by atoms with E-state index in [1.54, 1.807) is 18.2 Å². The van der Waals surface area contributed by atoms with Gasteiger partial charge in [0.05, 0.1) is 0 Å². The van der Waals surface area contributed by atoms with E-state index in [0.717, 1.165) is 32.5 Å². The molecule has 2 N–H and O–H groups in total. The second-order valence-electron chi connectivity index (χ2n) is 7.87. The Bertz CT molecular complexity index is 599. The van der Waals surface area contributed by atoms with E-state index in [4.69, 9.17) is 0 Å². The van der Waals surface area contributed by atoms with Gasteiger partial charge in [-0.2, -0.15) is 0 Å². The topological polar surface area (TPSA) is 61.4 Å². The number of nitrogens with zero attached hydrogens (tertiary/aromatic N) is 1. The molecule has 0 radical (unpaired) electrons. The molecule has 0 aliphatic carbocycles. The minimum absolute atomic E-state index is 0.0617. The molecular weight excluding hydrogens is 314 g/mol. The van der Waals surface area contributed by atoms with E-state index in [2.05, 4.69) is 22.5 Å². The van der Waals surface area contributed by atoms with E-state index in [-0.39, 0.29) is 17.9 Å². The van der Waals surface area contributed by atoms with Crippen LogP contribution in [0, 0.1) is 5.41 Å². The summed E-state index contributed by atoms with van der Waals surface area (Å²) in [6.45, 7) is 11.0. The standard InChI is InChI=1S/C20H31N3O2/c1-5-11-23-12-9-16(10-13-23)21-18(24)15-7-6-8-17(14-15)22-19(25)20(2,3)4/h6-8,14,16H,5,9-13H2,1-4H3,(H,21,24)(H,22,25). The van der Waals surface area contributed by atoms with Crippen molar-refractivity contribution >= 4 is 17.5 Å². The molecule has 5 heteroatoms. The lowest BCUT2D eigenvalue weighted by Crippen LogP contribution is -2.44. The van der Waals surface area contributed by atoms with Gasteiger partial charge in [-0.25, -0.2) is 0 Å². The second kappa shape index (κ2) is 8.48. The number of anilines is 1. The fourth-order valence-corrected chi connectivity index (χ4v) is 2.94. The van der Waals surface area contributed by atoms with Crippen LogP contribution in [0.4, 0.5) is 5.69 Å². The smallest absolute Gasteiger partial charge is 0.251 e. The number of carbonyl (C=O) groups excluding carboxylic acids is 2. The van der Waals surface area contributed by atoms with Gasteiger partial charge in [0.25, 0.3) is 5.91 Å². The Hall–Kier alpha value is -1.88. The summed E-state index contributed by atoms with van der Waals surface area (Å²) in [4.78, 5) is 27.1. The van der Waals surface area contributed by atoms with Crippen molar-refractivity contribution in [1.82, 2.24) is 10.2 Å². The fourth-order valence-electron chi connectivity index (χ4n) is 2.94. The van der Waals surface area contributed by atoms with Crippen molar-refractivity contribution in [3.63, 3.8) is 0 Å². The molecule has 0 unspecified atom stereocenters. The van der Waals surface area contributed by atoms with Crippen LogP contribution in [0.2, 0.25) is 0 Å². The molecule has 1 aliphatic heterocycles. The Balaban J connectivity index is 1.92. The van der Waals surface area contributed by atoms with E-state index in [0.29, 0.717) is 11.3 Å². The van der Waals surface area contributed by atoms with Crippen LogP contribution >= 0.6 is 0 Å². The van der Waals surface area contributed by atoms with Gasteiger partial charge < -0.3 is 15.5 Å². The summed E-state index contributed by atoms with van der Waals surface area (Å²) in [5.74, 6) is -0.130. The number of rotatable bonds is 5. The van der Waals surface area contributed by atoms with Gasteiger partial charge in [0.15, 0.2) is 0 Å². The molecule has 25 heavy (non-hydrogen) atoms. The SMILES string of the molecule is CCCN1CCC(NC(=O)c2cccc(NC(=O)C(C)(C)C)c2)CC1. The molecule has 5 nitrogen and oxygen atoms in total. The van der Waals surface area contributed by atoms with Crippen molar-refractivity contribution in [2.75, 3.05) is 25.0 Å². The number of carbonyl (C=O) groups is 2. The van der Waals surface area contributed by atoms with Crippen LogP contribution in [0.5, 0.6) is 0 Å². The highest BCUT2D eigenvalue weighted by molar-refractivity contribution is 5.98. The maximum Gasteiger partial charge on any atom is 0.251 e. The average Bonchev–Trinajstić information content (AvgIpc) is 2.56. The normalized spacial score (nSPS) is 16.5. The minimum atomic E-state index is -0.468. The maximum atomic E-state index is 12.5. The summed E-state index contributed by atoms with van der Waals surface area (Å²) in [7, 11) is 0. The largest absolute Gasteiger partial charge is 0.349 e. The summed E-state index contributed by atoms with van der Waals surface area (Å²) < 4.78 is 0. The number of benzene rings is 1. The molecule has 1 fully saturated rings. The molecule has 0 aromatic heterocycles. The summed E-state index contributed by atoms with van der Waals surface area (Å²) in [6.07, 6.45) is 3.16. The van der Waals surface area contributed by atoms with E-state index >= 15 is 0 Å². The average molecular weight is 345 g/mol. The van der Waals surface area contributed by atoms with Crippen molar-refractivity contribution in [1.29, 1.82) is 0 Å². The third-order valence-electron chi connectivity index (χ3n) is 4.53. The molecule has 0 bridgehead atoms. The van der Waals surface area contributed by atoms with Crippen LogP contribution in [0.1, 0.15) is 57.3 Å². The lowest BCUT2D eigenvalue weighted by molar-refractivity contribution is -0.123. The highest BCUT2D eigenvalue weighted by Crippen LogP contribution is 2.18. The molecule has 1 aliphatic rings. The molecule has 0 atom stereocenters. The lowest BCUT2D eigenvalue weighted by atomic mass is 9.95. The first-order chi connectivity index (χ1) is 11.8. The highest BCUT2D eigenvalue weighted by atomic mass is 16.2. The van der Waals surface area contributed by atoms with E-state index in [9.17, 15) is 9.59 Å². The fraction of sp³-hybridized carbons (Fsp3) is 0.600. The predicted octanol–water partition coefficient (Wildman–Crippen LogP) is 3.28. The van der Waals surface area contributed by atoms with Crippen molar-refractivity contribution in [2.45, 2.75) is 53.0 Å². The first-order valence-electron chi connectivity index (χ1n) is 9.24. The van der Waals surface area contributed by atoms with Crippen LogP contribution in [-0.4, -0.2) is 42.4 Å². The van der Waals surface area contributed by atoms with Gasteiger partial charge in [0.2, 0.25) is 5.91 Å². The first-order valence-corrected chi connectivity index (χ1v) is 9.24. The molecule has 1 saturated heterocycles. The molecule has 2 rings (SSSR count). The Labute approximate surface area is 151 Å². The van der Waals surface area contributed by atoms with Crippen LogP contribution in [0.25, 0.3) is 0 Å². The first kappa shape index (κ1) is 19.4. The number of hydrogen-bond acceptors (Lipinski definition) is 3. The summed E-state index contributed by atoms with van der Waals surface area (Å²) >= 11 is 0. The molecule has 0 saturated carbocycles. The van der Waals surface area contributed by atoms with E-state index < -0.39 is 5.41 Å². The third-order valence-corrected chi connectivity index (χ3v) is 4.53. The molecule has 0 spiro atoms. The maximum absolute atomic E-state index is 12.5. The van der Waals surface area contributed by atoms with Gasteiger partial charge in [-0.05, 0) is 44.0 Å². The van der Waals surface area contributed by atoms with Crippen molar-refractivity contribution in [2.24, 2.45) is 5.41 Å². The summed E-state index contributed by atoms with van der Waals surface area (Å²) in [6, 6.07) is 7.37. The third kappa shape index (κ3) is 5.85. The van der Waals surface area contributed by atoms with Gasteiger partial charge in [-0.15, -0.1) is 0 Å². The Morgan fingerprint density at radius 1 is 1.20 bits per heavy atom. The van der Waals surface area contributed by atoms with Gasteiger partial charge in [-0.3, -0.25) is 9.59 Å². The van der Waals surface area contributed by atoms with Crippen LogP contribution < -0.4 is 10.6 Å². The quantitative estimate of drug-likeness (QED) is 0.861. The van der Waals surface area contributed by atoms with Gasteiger partial charge >= 0.3 is 0 Å². The van der Waals surface area contributed by atoms with Crippen LogP contribution in [0.15, 0.2) is 24.3 Å². The Morgan fingerprint density at radius 3 is 2.48 bits per heavy atom. The zero-order valence-corrected chi connectivity index (χ0v) is 15.9. The number of amides is 2. The molecule has 138 valence electrons. The second-order valence-corrected chi connectivity index (χ2v) is 7.87. The van der Waals surface area contributed by atoms with Crippen molar-refractivity contribution in [3.8, 4) is 0 Å². The molecule has 2 amide bonds. The van der Waals surface area contributed by atoms with Crippen molar-refractivity contribution < 1.29 is 9.59 Å². The number of hydrogen-bond donors (Lipinski definition) is 2. The molecule has 1 heterocycles. The zero-order chi connectivity index (χ0) is 18.4. The van der Waals surface area contributed by atoms with Gasteiger partial charge in [0.1, 0.15) is 0 Å². The van der Waals surface area contributed by atoms with Crippen molar-refractivity contribution in [3.05, 3.63) is 29.8 Å². The van der Waals surface area contributed by atoms with Crippen LogP contribution in [0.3, 0.4) is 0 Å². The lowest BCUT2D eigenvalue weighted by Gasteiger charge is -2.32. The van der Waals surface area contributed by atoms with E-state index in [1.165, 1.54) is 6.42 Å². The van der Waals surface area contributed by atoms with Crippen LogP contribution in [-0.2, 0) is 4.79 Å². The predicted molar refractivity (Wildman–Crippen MR) is 102 cm³/mol. The number of nitrogens with one attached hydrogen (secondary N) is 2. The summed E-state index contributed by atoms with van der Waals surface area (Å²) in [5, 5.41) is 6.01. The zero-order valence-electron chi connectivity index (χ0n) is 15.9. The van der Waals surface area contributed by atoms with Gasteiger partial charge in [0, 0.05) is 35.8 Å².